The summed E-state index contributed by atoms with van der Waals surface area (Å²) in [5, 5.41) is 8.68. The lowest BCUT2D eigenvalue weighted by Gasteiger charge is -2.09. The Kier molecular flexibility index (Phi) is 4.10. The normalized spacial score (nSPS) is 10.9. The minimum atomic E-state index is -3.76. The fourth-order valence-electron chi connectivity index (χ4n) is 1.71. The molecule has 0 unspecified atom stereocenters. The van der Waals surface area contributed by atoms with E-state index < -0.39 is 15.8 Å². The van der Waals surface area contributed by atoms with Gasteiger partial charge in [0.05, 0.1) is 23.1 Å². The Morgan fingerprint density at radius 3 is 2.43 bits per heavy atom. The van der Waals surface area contributed by atoms with Crippen molar-refractivity contribution in [2.45, 2.75) is 5.75 Å². The molecule has 2 aromatic rings. The number of benzene rings is 2. The van der Waals surface area contributed by atoms with Crippen molar-refractivity contribution in [1.29, 1.82) is 5.26 Å². The van der Waals surface area contributed by atoms with E-state index >= 15 is 0 Å². The molecule has 3 N–H and O–H groups in total. The number of nitrogen functional groups attached to an aromatic ring is 1. The second-order valence-electron chi connectivity index (χ2n) is 4.41. The Balaban J connectivity index is 2.16. The van der Waals surface area contributed by atoms with Gasteiger partial charge in [0.25, 0.3) is 0 Å². The number of nitrogens with one attached hydrogen (secondary N) is 1. The van der Waals surface area contributed by atoms with Gasteiger partial charge < -0.3 is 5.73 Å². The van der Waals surface area contributed by atoms with Gasteiger partial charge in [-0.2, -0.15) is 5.26 Å². The van der Waals surface area contributed by atoms with E-state index in [4.69, 9.17) is 11.0 Å². The van der Waals surface area contributed by atoms with Gasteiger partial charge >= 0.3 is 0 Å². The number of sulfonamides is 1. The summed E-state index contributed by atoms with van der Waals surface area (Å²) in [4.78, 5) is 0. The zero-order chi connectivity index (χ0) is 15.5. The minimum absolute atomic E-state index is 0.155. The second kappa shape index (κ2) is 5.81. The first-order valence-electron chi connectivity index (χ1n) is 5.94. The van der Waals surface area contributed by atoms with Crippen LogP contribution in [0.1, 0.15) is 11.1 Å². The van der Waals surface area contributed by atoms with Gasteiger partial charge in [-0.1, -0.05) is 12.1 Å². The molecule has 108 valence electrons. The summed E-state index contributed by atoms with van der Waals surface area (Å²) in [5.74, 6) is -1.05. The monoisotopic (exact) mass is 305 g/mol. The van der Waals surface area contributed by atoms with Crippen LogP contribution in [-0.4, -0.2) is 8.42 Å². The van der Waals surface area contributed by atoms with Crippen LogP contribution in [0.3, 0.4) is 0 Å². The lowest BCUT2D eigenvalue weighted by molar-refractivity contribution is 0.598. The van der Waals surface area contributed by atoms with Crippen molar-refractivity contribution in [3.8, 4) is 6.07 Å². The van der Waals surface area contributed by atoms with Crippen molar-refractivity contribution >= 4 is 21.4 Å². The van der Waals surface area contributed by atoms with Crippen LogP contribution >= 0.6 is 0 Å². The third kappa shape index (κ3) is 3.94. The van der Waals surface area contributed by atoms with Gasteiger partial charge in [0.15, 0.2) is 0 Å². The summed E-state index contributed by atoms with van der Waals surface area (Å²) in [6.07, 6.45) is 0. The number of hydrogen-bond donors (Lipinski definition) is 2. The van der Waals surface area contributed by atoms with Crippen molar-refractivity contribution in [1.82, 2.24) is 0 Å². The highest BCUT2D eigenvalue weighted by Gasteiger charge is 2.14. The van der Waals surface area contributed by atoms with Crippen LogP contribution in [0.2, 0.25) is 0 Å². The summed E-state index contributed by atoms with van der Waals surface area (Å²) in [6, 6.07) is 11.8. The van der Waals surface area contributed by atoms with Crippen molar-refractivity contribution < 1.29 is 12.8 Å². The Hall–Kier alpha value is -2.59. The Morgan fingerprint density at radius 2 is 1.86 bits per heavy atom. The zero-order valence-electron chi connectivity index (χ0n) is 10.9. The van der Waals surface area contributed by atoms with E-state index in [-0.39, 0.29) is 17.1 Å². The fraction of sp³-hybridized carbons (Fsp3) is 0.0714. The summed E-state index contributed by atoms with van der Waals surface area (Å²) < 4.78 is 39.7. The summed E-state index contributed by atoms with van der Waals surface area (Å²) in [5.41, 5.74) is 6.39. The first kappa shape index (κ1) is 14.8. The number of hydrogen-bond acceptors (Lipinski definition) is 4. The Bertz CT molecular complexity index is 796. The van der Waals surface area contributed by atoms with Gasteiger partial charge in [0.1, 0.15) is 5.82 Å². The van der Waals surface area contributed by atoms with Crippen molar-refractivity contribution in [3.05, 3.63) is 59.4 Å². The highest BCUT2D eigenvalue weighted by atomic mass is 32.2. The van der Waals surface area contributed by atoms with E-state index in [1.54, 1.807) is 0 Å². The molecule has 0 fully saturated rings. The molecule has 0 bridgehead atoms. The average molecular weight is 305 g/mol. The van der Waals surface area contributed by atoms with Crippen LogP contribution < -0.4 is 10.5 Å². The molecule has 21 heavy (non-hydrogen) atoms. The van der Waals surface area contributed by atoms with Crippen LogP contribution in [0.5, 0.6) is 0 Å². The molecular weight excluding hydrogens is 293 g/mol. The third-order valence-electron chi connectivity index (χ3n) is 2.70. The number of anilines is 2. The molecule has 0 aliphatic heterocycles. The molecule has 0 radical (unpaired) electrons. The molecule has 0 saturated heterocycles. The highest BCUT2D eigenvalue weighted by Crippen LogP contribution is 2.19. The van der Waals surface area contributed by atoms with Crippen molar-refractivity contribution in [3.63, 3.8) is 0 Å². The van der Waals surface area contributed by atoms with Crippen molar-refractivity contribution in [2.75, 3.05) is 10.5 Å². The van der Waals surface area contributed by atoms with Crippen LogP contribution in [-0.2, 0) is 15.8 Å². The molecule has 0 spiro atoms. The topological polar surface area (TPSA) is 96.0 Å². The van der Waals surface area contributed by atoms with E-state index in [1.807, 2.05) is 6.07 Å². The molecular formula is C14H12FN3O2S. The van der Waals surface area contributed by atoms with Gasteiger partial charge in [-0.3, -0.25) is 4.72 Å². The standard InChI is InChI=1S/C14H12FN3O2S/c15-13-7-12(17)5-6-14(13)18-21(19,20)9-11-3-1-10(8-16)2-4-11/h1-7,18H,9,17H2. The zero-order valence-corrected chi connectivity index (χ0v) is 11.7. The number of nitrogens with two attached hydrogens (primary N) is 1. The van der Waals surface area contributed by atoms with Gasteiger partial charge in [-0.25, -0.2) is 12.8 Å². The summed E-state index contributed by atoms with van der Waals surface area (Å²) in [6.45, 7) is 0. The lowest BCUT2D eigenvalue weighted by atomic mass is 10.2. The first-order valence-corrected chi connectivity index (χ1v) is 7.59. The molecule has 0 aliphatic rings. The second-order valence-corrected chi connectivity index (χ2v) is 6.13. The van der Waals surface area contributed by atoms with E-state index in [2.05, 4.69) is 4.72 Å². The number of nitrogens with zero attached hydrogens (tertiary/aromatic N) is 1. The van der Waals surface area contributed by atoms with Crippen molar-refractivity contribution in [2.24, 2.45) is 0 Å². The highest BCUT2D eigenvalue weighted by molar-refractivity contribution is 7.91. The van der Waals surface area contributed by atoms with Gasteiger partial charge in [-0.05, 0) is 35.9 Å². The average Bonchev–Trinajstić information content (AvgIpc) is 2.42. The maximum absolute atomic E-state index is 13.6. The quantitative estimate of drug-likeness (QED) is 0.846. The largest absolute Gasteiger partial charge is 0.399 e. The van der Waals surface area contributed by atoms with Crippen LogP contribution in [0.4, 0.5) is 15.8 Å². The molecule has 7 heteroatoms. The molecule has 0 amide bonds. The summed E-state index contributed by atoms with van der Waals surface area (Å²) >= 11 is 0. The van der Waals surface area contributed by atoms with E-state index in [0.717, 1.165) is 6.07 Å². The Morgan fingerprint density at radius 1 is 1.19 bits per heavy atom. The molecule has 2 rings (SSSR count). The maximum atomic E-state index is 13.6. The molecule has 0 aromatic heterocycles. The predicted molar refractivity (Wildman–Crippen MR) is 78.2 cm³/mol. The van der Waals surface area contributed by atoms with Crippen LogP contribution in [0.25, 0.3) is 0 Å². The van der Waals surface area contributed by atoms with E-state index in [0.29, 0.717) is 11.1 Å². The van der Waals surface area contributed by atoms with Gasteiger partial charge in [-0.15, -0.1) is 0 Å². The van der Waals surface area contributed by atoms with E-state index in [9.17, 15) is 12.8 Å². The number of rotatable bonds is 4. The Labute approximate surface area is 121 Å². The third-order valence-corrected chi connectivity index (χ3v) is 3.94. The smallest absolute Gasteiger partial charge is 0.237 e. The number of nitriles is 1. The van der Waals surface area contributed by atoms with Crippen LogP contribution in [0, 0.1) is 17.1 Å². The molecule has 2 aromatic carbocycles. The molecule has 0 atom stereocenters. The lowest BCUT2D eigenvalue weighted by Crippen LogP contribution is -2.16. The van der Waals surface area contributed by atoms with Gasteiger partial charge in [0, 0.05) is 5.69 Å². The minimum Gasteiger partial charge on any atom is -0.399 e. The van der Waals surface area contributed by atoms with Crippen LogP contribution in [0.15, 0.2) is 42.5 Å². The molecule has 0 aliphatic carbocycles. The SMILES string of the molecule is N#Cc1ccc(CS(=O)(=O)Nc2ccc(N)cc2F)cc1. The van der Waals surface area contributed by atoms with E-state index in [1.165, 1.54) is 36.4 Å². The maximum Gasteiger partial charge on any atom is 0.237 e. The number of halogens is 1. The van der Waals surface area contributed by atoms with Gasteiger partial charge in [0.2, 0.25) is 10.0 Å². The molecule has 5 nitrogen and oxygen atoms in total. The molecule has 0 saturated carbocycles. The summed E-state index contributed by atoms with van der Waals surface area (Å²) in [7, 11) is -3.76. The fourth-order valence-corrected chi connectivity index (χ4v) is 2.92. The first-order chi connectivity index (χ1) is 9.89. The predicted octanol–water partition coefficient (Wildman–Crippen LogP) is 2.22. The molecule has 0 heterocycles.